The zero-order valence-electron chi connectivity index (χ0n) is 14.2. The van der Waals surface area contributed by atoms with Crippen LogP contribution in [0.5, 0.6) is 0 Å². The quantitative estimate of drug-likeness (QED) is 0.780. The van der Waals surface area contributed by atoms with Gasteiger partial charge in [0.2, 0.25) is 0 Å². The summed E-state index contributed by atoms with van der Waals surface area (Å²) in [5, 5.41) is 9.52. The van der Waals surface area contributed by atoms with Gasteiger partial charge in [-0.1, -0.05) is 11.3 Å². The molecule has 2 aromatic heterocycles. The first-order valence-corrected chi connectivity index (χ1v) is 8.29. The van der Waals surface area contributed by atoms with Crippen LogP contribution in [0.4, 0.5) is 0 Å². The maximum Gasteiger partial charge on any atom is 0.496 e. The smallest absolute Gasteiger partial charge is 0.399 e. The highest BCUT2D eigenvalue weighted by Crippen LogP contribution is 2.36. The first-order valence-electron chi connectivity index (χ1n) is 7.47. The van der Waals surface area contributed by atoms with Crippen molar-refractivity contribution in [2.24, 2.45) is 7.05 Å². The Bertz CT molecular complexity index is 797. The number of hydrogen-bond acceptors (Lipinski definition) is 6. The van der Waals surface area contributed by atoms with E-state index >= 15 is 0 Å². The Morgan fingerprint density at radius 1 is 1.17 bits per heavy atom. The molecule has 122 valence electrons. The molecule has 0 spiro atoms. The van der Waals surface area contributed by atoms with Crippen LogP contribution in [0.25, 0.3) is 10.6 Å². The third-order valence-corrected chi connectivity index (χ3v) is 5.36. The van der Waals surface area contributed by atoms with Crippen molar-refractivity contribution in [2.75, 3.05) is 0 Å². The minimum absolute atomic E-state index is 0.110. The molecule has 1 fully saturated rings. The molecule has 2 aromatic rings. The summed E-state index contributed by atoms with van der Waals surface area (Å²) in [6, 6.07) is 1.80. The number of pyridine rings is 1. The van der Waals surface area contributed by atoms with Crippen molar-refractivity contribution in [3.05, 3.63) is 27.6 Å². The van der Waals surface area contributed by atoms with Crippen LogP contribution in [0.2, 0.25) is 0 Å². The summed E-state index contributed by atoms with van der Waals surface area (Å²) in [7, 11) is 1.20. The highest BCUT2D eigenvalue weighted by molar-refractivity contribution is 7.14. The normalized spacial score (nSPS) is 19.3. The molecule has 0 atom stereocenters. The second-order valence-electron chi connectivity index (χ2n) is 6.82. The number of aryl methyl sites for hydroxylation is 2. The van der Waals surface area contributed by atoms with Crippen LogP contribution in [0.1, 0.15) is 32.7 Å². The van der Waals surface area contributed by atoms with Gasteiger partial charge in [0.05, 0.1) is 16.8 Å². The van der Waals surface area contributed by atoms with E-state index in [0.29, 0.717) is 10.6 Å². The van der Waals surface area contributed by atoms with Crippen molar-refractivity contribution in [2.45, 2.75) is 45.8 Å². The molecule has 0 aromatic carbocycles. The SMILES string of the molecule is Cc1nnc(-c2cc(B3OC(C)(C)C(C)(C)O3)cn(C)c2=O)s1. The fourth-order valence-corrected chi connectivity index (χ4v) is 3.10. The zero-order chi connectivity index (χ0) is 17.0. The number of hydrogen-bond donors (Lipinski definition) is 0. The molecule has 0 saturated carbocycles. The van der Waals surface area contributed by atoms with Crippen molar-refractivity contribution >= 4 is 23.9 Å². The molecule has 1 aliphatic rings. The molecule has 0 aliphatic carbocycles. The Labute approximate surface area is 139 Å². The minimum Gasteiger partial charge on any atom is -0.399 e. The van der Waals surface area contributed by atoms with Gasteiger partial charge in [0.1, 0.15) is 5.01 Å². The maximum atomic E-state index is 12.4. The molecule has 0 N–H and O–H groups in total. The van der Waals surface area contributed by atoms with Gasteiger partial charge < -0.3 is 13.9 Å². The summed E-state index contributed by atoms with van der Waals surface area (Å²) in [6.07, 6.45) is 1.75. The van der Waals surface area contributed by atoms with Crippen LogP contribution in [0.3, 0.4) is 0 Å². The molecule has 0 unspecified atom stereocenters. The average molecular weight is 333 g/mol. The second kappa shape index (κ2) is 5.26. The van der Waals surface area contributed by atoms with Gasteiger partial charge in [0.25, 0.3) is 5.56 Å². The lowest BCUT2D eigenvalue weighted by Gasteiger charge is -2.32. The van der Waals surface area contributed by atoms with Crippen LogP contribution in [0, 0.1) is 6.92 Å². The van der Waals surface area contributed by atoms with Gasteiger partial charge in [-0.15, -0.1) is 10.2 Å². The van der Waals surface area contributed by atoms with E-state index in [0.717, 1.165) is 10.5 Å². The maximum absolute atomic E-state index is 12.4. The molecular weight excluding hydrogens is 313 g/mol. The molecule has 23 heavy (non-hydrogen) atoms. The van der Waals surface area contributed by atoms with Crippen LogP contribution in [0.15, 0.2) is 17.1 Å². The Morgan fingerprint density at radius 3 is 2.30 bits per heavy atom. The number of aromatic nitrogens is 3. The summed E-state index contributed by atoms with van der Waals surface area (Å²) >= 11 is 1.40. The number of nitrogens with zero attached hydrogens (tertiary/aromatic N) is 3. The summed E-state index contributed by atoms with van der Waals surface area (Å²) in [4.78, 5) is 12.4. The van der Waals surface area contributed by atoms with E-state index in [4.69, 9.17) is 9.31 Å². The van der Waals surface area contributed by atoms with E-state index in [1.54, 1.807) is 19.3 Å². The van der Waals surface area contributed by atoms with Gasteiger partial charge in [-0.05, 0) is 46.1 Å². The average Bonchev–Trinajstić information content (AvgIpc) is 2.94. The van der Waals surface area contributed by atoms with E-state index in [1.807, 2.05) is 34.6 Å². The standard InChI is InChI=1S/C15H20BN3O3S/c1-9-17-18-12(23-9)11-7-10(8-19(6)13(11)20)16-21-14(2,3)15(4,5)22-16/h7-8H,1-6H3. The minimum atomic E-state index is -0.514. The highest BCUT2D eigenvalue weighted by Gasteiger charge is 2.52. The van der Waals surface area contributed by atoms with Gasteiger partial charge in [-0.2, -0.15) is 0 Å². The molecule has 1 saturated heterocycles. The Kier molecular flexibility index (Phi) is 3.74. The van der Waals surface area contributed by atoms with E-state index in [9.17, 15) is 4.79 Å². The lowest BCUT2D eigenvalue weighted by molar-refractivity contribution is 0.00578. The van der Waals surface area contributed by atoms with E-state index < -0.39 is 18.3 Å². The third kappa shape index (κ3) is 2.75. The van der Waals surface area contributed by atoms with Crippen molar-refractivity contribution in [3.63, 3.8) is 0 Å². The van der Waals surface area contributed by atoms with Crippen LogP contribution in [-0.2, 0) is 16.4 Å². The fourth-order valence-electron chi connectivity index (χ4n) is 2.40. The number of rotatable bonds is 2. The monoisotopic (exact) mass is 333 g/mol. The predicted molar refractivity (Wildman–Crippen MR) is 91.0 cm³/mol. The van der Waals surface area contributed by atoms with Gasteiger partial charge in [0, 0.05) is 13.2 Å². The summed E-state index contributed by atoms with van der Waals surface area (Å²) < 4.78 is 13.7. The lowest BCUT2D eigenvalue weighted by atomic mass is 9.79. The van der Waals surface area contributed by atoms with Crippen molar-refractivity contribution in [1.82, 2.24) is 14.8 Å². The van der Waals surface area contributed by atoms with E-state index in [-0.39, 0.29) is 5.56 Å². The third-order valence-electron chi connectivity index (χ3n) is 4.49. The largest absolute Gasteiger partial charge is 0.496 e. The molecule has 0 amide bonds. The fraction of sp³-hybridized carbons (Fsp3) is 0.533. The van der Waals surface area contributed by atoms with Gasteiger partial charge in [0.15, 0.2) is 5.01 Å². The Hall–Kier alpha value is -1.51. The van der Waals surface area contributed by atoms with Crippen molar-refractivity contribution in [3.8, 4) is 10.6 Å². The second-order valence-corrected chi connectivity index (χ2v) is 8.00. The van der Waals surface area contributed by atoms with Crippen molar-refractivity contribution < 1.29 is 9.31 Å². The van der Waals surface area contributed by atoms with E-state index in [2.05, 4.69) is 10.2 Å². The van der Waals surface area contributed by atoms with E-state index in [1.165, 1.54) is 15.9 Å². The molecule has 8 heteroatoms. The van der Waals surface area contributed by atoms with Gasteiger partial charge in [-0.25, -0.2) is 0 Å². The molecule has 3 heterocycles. The molecule has 0 radical (unpaired) electrons. The Morgan fingerprint density at radius 2 is 1.78 bits per heavy atom. The first-order chi connectivity index (χ1) is 10.6. The Balaban J connectivity index is 2.06. The molecule has 6 nitrogen and oxygen atoms in total. The van der Waals surface area contributed by atoms with Crippen molar-refractivity contribution in [1.29, 1.82) is 0 Å². The van der Waals surface area contributed by atoms with Gasteiger partial charge in [-0.3, -0.25) is 4.79 Å². The van der Waals surface area contributed by atoms with Gasteiger partial charge >= 0.3 is 7.12 Å². The van der Waals surface area contributed by atoms with Crippen LogP contribution < -0.4 is 11.0 Å². The molecule has 0 bridgehead atoms. The van der Waals surface area contributed by atoms with Crippen LogP contribution >= 0.6 is 11.3 Å². The zero-order valence-corrected chi connectivity index (χ0v) is 15.0. The summed E-state index contributed by atoms with van der Waals surface area (Å²) in [6.45, 7) is 9.88. The predicted octanol–water partition coefficient (Wildman–Crippen LogP) is 1.51. The summed E-state index contributed by atoms with van der Waals surface area (Å²) in [5.74, 6) is 0. The first kappa shape index (κ1) is 16.4. The summed E-state index contributed by atoms with van der Waals surface area (Å²) in [5.41, 5.74) is 0.359. The van der Waals surface area contributed by atoms with Crippen LogP contribution in [-0.4, -0.2) is 33.1 Å². The topological polar surface area (TPSA) is 66.2 Å². The molecule has 1 aliphatic heterocycles. The molecular formula is C15H20BN3O3S. The highest BCUT2D eigenvalue weighted by atomic mass is 32.1. The lowest BCUT2D eigenvalue weighted by Crippen LogP contribution is -2.41. The molecule has 3 rings (SSSR count).